The largest absolute Gasteiger partial charge is 0.304 e. The van der Waals surface area contributed by atoms with Crippen LogP contribution in [0.15, 0.2) is 0 Å². The summed E-state index contributed by atoms with van der Waals surface area (Å²) < 4.78 is 0.562. The third-order valence-corrected chi connectivity index (χ3v) is 2.01. The highest BCUT2D eigenvalue weighted by Gasteiger charge is 2.02. The minimum atomic E-state index is 0.562. The zero-order chi connectivity index (χ0) is 10.1. The fourth-order valence-electron chi connectivity index (χ4n) is 1.06. The van der Waals surface area contributed by atoms with Gasteiger partial charge in [0.25, 0.3) is 0 Å². The Morgan fingerprint density at radius 2 is 1.69 bits per heavy atom. The van der Waals surface area contributed by atoms with Crippen LogP contribution >= 0.6 is 24.8 Å². The lowest BCUT2D eigenvalue weighted by atomic mass is 10.3. The molecule has 78 valence electrons. The van der Waals surface area contributed by atoms with Crippen molar-refractivity contribution in [3.63, 3.8) is 0 Å². The number of nitrogens with zero attached hydrogens (tertiary/aromatic N) is 1. The molecule has 0 spiro atoms. The summed E-state index contributed by atoms with van der Waals surface area (Å²) in [5, 5.41) is 2.16. The number of unbranched alkanes of at least 4 members (excludes halogenated alkanes) is 2. The Morgan fingerprint density at radius 3 is 2.00 bits per heavy atom. The fraction of sp³-hybridized carbons (Fsp3) is 0.889. The lowest BCUT2D eigenvalue weighted by Gasteiger charge is -2.22. The van der Waals surface area contributed by atoms with Crippen molar-refractivity contribution in [1.29, 1.82) is 0 Å². The van der Waals surface area contributed by atoms with E-state index in [0.29, 0.717) is 4.32 Å². The summed E-state index contributed by atoms with van der Waals surface area (Å²) in [5.41, 5.74) is 3.08. The molecule has 0 bridgehead atoms. The van der Waals surface area contributed by atoms with Gasteiger partial charge < -0.3 is 5.43 Å². The smallest absolute Gasteiger partial charge is 0.145 e. The highest BCUT2D eigenvalue weighted by molar-refractivity contribution is 8.11. The first-order valence-corrected chi connectivity index (χ1v) is 5.80. The van der Waals surface area contributed by atoms with Crippen molar-refractivity contribution in [2.75, 3.05) is 13.1 Å². The predicted molar refractivity (Wildman–Crippen MR) is 66.1 cm³/mol. The predicted octanol–water partition coefficient (Wildman–Crippen LogP) is 2.61. The van der Waals surface area contributed by atoms with Crippen molar-refractivity contribution in [3.05, 3.63) is 0 Å². The van der Waals surface area contributed by atoms with E-state index in [1.54, 1.807) is 0 Å². The Bertz CT molecular complexity index is 132. The molecule has 0 fully saturated rings. The Labute approximate surface area is 92.5 Å². The molecule has 13 heavy (non-hydrogen) atoms. The first kappa shape index (κ1) is 13.2. The van der Waals surface area contributed by atoms with Crippen molar-refractivity contribution in [1.82, 2.24) is 10.4 Å². The zero-order valence-electron chi connectivity index (χ0n) is 8.55. The van der Waals surface area contributed by atoms with Crippen LogP contribution in [0.3, 0.4) is 0 Å². The van der Waals surface area contributed by atoms with E-state index in [4.69, 9.17) is 12.2 Å². The topological polar surface area (TPSA) is 15.3 Å². The van der Waals surface area contributed by atoms with Crippen LogP contribution in [0, 0.1) is 0 Å². The highest BCUT2D eigenvalue weighted by atomic mass is 32.1. The molecular weight excluding hydrogens is 200 g/mol. The van der Waals surface area contributed by atoms with Gasteiger partial charge in [-0.2, -0.15) is 0 Å². The fourth-order valence-corrected chi connectivity index (χ4v) is 1.33. The van der Waals surface area contributed by atoms with Crippen molar-refractivity contribution < 1.29 is 0 Å². The Morgan fingerprint density at radius 1 is 1.23 bits per heavy atom. The van der Waals surface area contributed by atoms with Gasteiger partial charge in [0.05, 0.1) is 0 Å². The maximum Gasteiger partial charge on any atom is 0.145 e. The molecule has 4 heteroatoms. The van der Waals surface area contributed by atoms with Crippen LogP contribution in [-0.2, 0) is 0 Å². The van der Waals surface area contributed by atoms with Crippen molar-refractivity contribution in [2.45, 2.75) is 39.5 Å². The van der Waals surface area contributed by atoms with Crippen LogP contribution in [0.1, 0.15) is 39.5 Å². The molecule has 0 amide bonds. The van der Waals surface area contributed by atoms with E-state index in [1.807, 2.05) is 0 Å². The molecule has 0 saturated heterocycles. The molecule has 0 aromatic rings. The van der Waals surface area contributed by atoms with E-state index in [9.17, 15) is 0 Å². The summed E-state index contributed by atoms with van der Waals surface area (Å²) in [6.07, 6.45) is 4.83. The SMILES string of the molecule is CCCCN(CCCC)NC(=S)S. The molecule has 0 aromatic carbocycles. The average Bonchev–Trinajstić information content (AvgIpc) is 2.09. The molecule has 0 heterocycles. The Kier molecular flexibility index (Phi) is 8.92. The molecule has 0 aromatic heterocycles. The maximum atomic E-state index is 4.88. The van der Waals surface area contributed by atoms with E-state index in [1.165, 1.54) is 25.7 Å². The lowest BCUT2D eigenvalue weighted by Crippen LogP contribution is -2.40. The van der Waals surface area contributed by atoms with Crippen LogP contribution in [0.2, 0.25) is 0 Å². The molecular formula is C9H20N2S2. The first-order chi connectivity index (χ1) is 6.20. The molecule has 0 saturated carbocycles. The van der Waals surface area contributed by atoms with Crippen LogP contribution in [0.4, 0.5) is 0 Å². The minimum absolute atomic E-state index is 0.562. The molecule has 1 N–H and O–H groups in total. The normalized spacial score (nSPS) is 10.5. The molecule has 0 radical (unpaired) electrons. The van der Waals surface area contributed by atoms with E-state index in [0.717, 1.165) is 13.1 Å². The first-order valence-electron chi connectivity index (χ1n) is 4.95. The monoisotopic (exact) mass is 220 g/mol. The number of hydrazine groups is 1. The van der Waals surface area contributed by atoms with Gasteiger partial charge in [-0.1, -0.05) is 38.9 Å². The standard InChI is InChI=1S/C9H20N2S2/c1-3-5-7-11(8-6-4-2)10-9(12)13/h3-8H2,1-2H3,(H2,10,12,13). The molecule has 0 atom stereocenters. The van der Waals surface area contributed by atoms with Crippen molar-refractivity contribution >= 4 is 29.2 Å². The second-order valence-electron chi connectivity index (χ2n) is 3.11. The second-order valence-corrected chi connectivity index (χ2v) is 4.27. The number of thiol groups is 1. The van der Waals surface area contributed by atoms with Gasteiger partial charge in [-0.3, -0.25) is 0 Å². The minimum Gasteiger partial charge on any atom is -0.304 e. The van der Waals surface area contributed by atoms with Crippen molar-refractivity contribution in [3.8, 4) is 0 Å². The Hall–Kier alpha value is 0.200. The van der Waals surface area contributed by atoms with Gasteiger partial charge in [0.1, 0.15) is 4.32 Å². The van der Waals surface area contributed by atoms with E-state index in [-0.39, 0.29) is 0 Å². The second kappa shape index (κ2) is 8.78. The van der Waals surface area contributed by atoms with Crippen LogP contribution in [0.5, 0.6) is 0 Å². The molecule has 0 rings (SSSR count). The average molecular weight is 220 g/mol. The van der Waals surface area contributed by atoms with Gasteiger partial charge >= 0.3 is 0 Å². The molecule has 0 unspecified atom stereocenters. The third-order valence-electron chi connectivity index (χ3n) is 1.82. The van der Waals surface area contributed by atoms with Gasteiger partial charge in [0.2, 0.25) is 0 Å². The summed E-state index contributed by atoms with van der Waals surface area (Å²) >= 11 is 8.94. The highest BCUT2D eigenvalue weighted by Crippen LogP contribution is 1.96. The van der Waals surface area contributed by atoms with Gasteiger partial charge in [-0.05, 0) is 12.8 Å². The molecule has 0 aliphatic rings. The number of thiocarbonyl (C=S) groups is 1. The van der Waals surface area contributed by atoms with E-state index in [2.05, 4.69) is 36.9 Å². The number of rotatable bonds is 7. The van der Waals surface area contributed by atoms with Crippen LogP contribution < -0.4 is 5.43 Å². The third kappa shape index (κ3) is 8.53. The molecule has 0 aliphatic carbocycles. The molecule has 2 nitrogen and oxygen atoms in total. The van der Waals surface area contributed by atoms with Crippen LogP contribution in [-0.4, -0.2) is 22.4 Å². The zero-order valence-corrected chi connectivity index (χ0v) is 10.3. The number of hydrogen-bond acceptors (Lipinski definition) is 2. The van der Waals surface area contributed by atoms with Crippen LogP contribution in [0.25, 0.3) is 0 Å². The maximum absolute atomic E-state index is 4.88. The Balaban J connectivity index is 3.66. The van der Waals surface area contributed by atoms with E-state index >= 15 is 0 Å². The quantitative estimate of drug-likeness (QED) is 0.390. The van der Waals surface area contributed by atoms with Gasteiger partial charge in [-0.15, -0.1) is 12.6 Å². The molecule has 0 aliphatic heterocycles. The lowest BCUT2D eigenvalue weighted by molar-refractivity contribution is 0.231. The van der Waals surface area contributed by atoms with Gasteiger partial charge in [-0.25, -0.2) is 5.01 Å². The summed E-state index contributed by atoms with van der Waals surface area (Å²) in [7, 11) is 0. The summed E-state index contributed by atoms with van der Waals surface area (Å²) in [4.78, 5) is 0. The number of nitrogens with one attached hydrogen (secondary N) is 1. The number of hydrogen-bond donors (Lipinski definition) is 2. The van der Waals surface area contributed by atoms with Gasteiger partial charge in [0, 0.05) is 13.1 Å². The summed E-state index contributed by atoms with van der Waals surface area (Å²) in [6, 6.07) is 0. The van der Waals surface area contributed by atoms with E-state index < -0.39 is 0 Å². The summed E-state index contributed by atoms with van der Waals surface area (Å²) in [6.45, 7) is 6.49. The van der Waals surface area contributed by atoms with Gasteiger partial charge in [0.15, 0.2) is 0 Å². The van der Waals surface area contributed by atoms with Crippen molar-refractivity contribution in [2.24, 2.45) is 0 Å². The summed E-state index contributed by atoms with van der Waals surface area (Å²) in [5.74, 6) is 0.